The fourth-order valence-corrected chi connectivity index (χ4v) is 3.56. The third kappa shape index (κ3) is 3.10. The number of likely N-dealkylation sites (tertiary alicyclic amines) is 1. The van der Waals surface area contributed by atoms with E-state index in [1.165, 1.54) is 5.56 Å². The molecule has 2 aliphatic rings. The molecule has 2 atom stereocenters. The van der Waals surface area contributed by atoms with E-state index in [1.54, 1.807) is 0 Å². The minimum absolute atomic E-state index is 0.287. The van der Waals surface area contributed by atoms with Crippen molar-refractivity contribution in [2.75, 3.05) is 26.3 Å². The van der Waals surface area contributed by atoms with Crippen LogP contribution in [0.2, 0.25) is 0 Å². The normalized spacial score (nSPS) is 26.6. The fraction of sp³-hybridized carbons (Fsp3) is 0.600. The average Bonchev–Trinajstić information content (AvgIpc) is 2.38. The van der Waals surface area contributed by atoms with Crippen LogP contribution in [0.4, 0.5) is 0 Å². The highest BCUT2D eigenvalue weighted by Crippen LogP contribution is 2.36. The Morgan fingerprint density at radius 3 is 2.65 bits per heavy atom. The molecule has 0 aromatic heterocycles. The molecule has 2 aliphatic heterocycles. The molecule has 0 aliphatic carbocycles. The van der Waals surface area contributed by atoms with Crippen LogP contribution < -0.4 is 15.2 Å². The molecule has 1 aromatic rings. The number of ether oxygens (including phenoxy) is 2. The van der Waals surface area contributed by atoms with Crippen LogP contribution >= 0.6 is 15.9 Å². The maximum atomic E-state index is 6.12. The third-order valence-corrected chi connectivity index (χ3v) is 4.61. The number of hydrogen-bond donors (Lipinski definition) is 1. The van der Waals surface area contributed by atoms with E-state index in [1.807, 2.05) is 6.07 Å². The summed E-state index contributed by atoms with van der Waals surface area (Å²) in [5.41, 5.74) is 7.35. The second kappa shape index (κ2) is 5.92. The molecule has 2 N–H and O–H groups in total. The second-order valence-corrected chi connectivity index (χ2v) is 6.74. The van der Waals surface area contributed by atoms with Crippen molar-refractivity contribution in [3.05, 3.63) is 22.2 Å². The summed E-state index contributed by atoms with van der Waals surface area (Å²) >= 11 is 3.64. The van der Waals surface area contributed by atoms with E-state index in [-0.39, 0.29) is 6.04 Å². The minimum atomic E-state index is 0.287. The molecule has 0 spiro atoms. The Hall–Kier alpha value is -0.780. The van der Waals surface area contributed by atoms with Crippen LogP contribution in [-0.4, -0.2) is 37.2 Å². The Bertz CT molecular complexity index is 485. The van der Waals surface area contributed by atoms with Crippen LogP contribution in [0.15, 0.2) is 16.6 Å². The molecule has 2 unspecified atom stereocenters. The van der Waals surface area contributed by atoms with Crippen molar-refractivity contribution in [1.29, 1.82) is 0 Å². The molecule has 110 valence electrons. The van der Waals surface area contributed by atoms with Gasteiger partial charge in [-0.3, -0.25) is 4.90 Å². The van der Waals surface area contributed by atoms with E-state index in [0.29, 0.717) is 19.1 Å². The van der Waals surface area contributed by atoms with Gasteiger partial charge in [-0.2, -0.15) is 0 Å². The zero-order valence-corrected chi connectivity index (χ0v) is 13.4. The van der Waals surface area contributed by atoms with Gasteiger partial charge in [0.05, 0.1) is 0 Å². The van der Waals surface area contributed by atoms with Gasteiger partial charge < -0.3 is 15.2 Å². The molecule has 0 saturated carbocycles. The topological polar surface area (TPSA) is 47.7 Å². The number of fused-ring (bicyclic) bond motifs is 1. The van der Waals surface area contributed by atoms with Crippen molar-refractivity contribution >= 4 is 15.9 Å². The first-order valence-electron chi connectivity index (χ1n) is 7.18. The molecule has 1 aromatic carbocycles. The first kappa shape index (κ1) is 14.2. The van der Waals surface area contributed by atoms with Gasteiger partial charge in [-0.05, 0) is 30.0 Å². The highest BCUT2D eigenvalue weighted by Gasteiger charge is 2.23. The summed E-state index contributed by atoms with van der Waals surface area (Å²) in [6.45, 7) is 6.48. The van der Waals surface area contributed by atoms with E-state index in [0.717, 1.165) is 42.0 Å². The Kier molecular flexibility index (Phi) is 4.19. The van der Waals surface area contributed by atoms with Crippen LogP contribution in [0.1, 0.15) is 18.9 Å². The van der Waals surface area contributed by atoms with E-state index >= 15 is 0 Å². The number of rotatable bonds is 2. The van der Waals surface area contributed by atoms with Gasteiger partial charge in [-0.1, -0.05) is 22.9 Å². The van der Waals surface area contributed by atoms with Gasteiger partial charge in [0.25, 0.3) is 0 Å². The minimum Gasteiger partial charge on any atom is -0.486 e. The van der Waals surface area contributed by atoms with E-state index in [4.69, 9.17) is 15.2 Å². The number of halogens is 1. The quantitative estimate of drug-likeness (QED) is 0.897. The molecule has 1 saturated heterocycles. The lowest BCUT2D eigenvalue weighted by Gasteiger charge is -2.35. The molecule has 4 nitrogen and oxygen atoms in total. The van der Waals surface area contributed by atoms with Gasteiger partial charge in [0.15, 0.2) is 11.5 Å². The first-order valence-corrected chi connectivity index (χ1v) is 7.97. The summed E-state index contributed by atoms with van der Waals surface area (Å²) in [5, 5.41) is 0. The Morgan fingerprint density at radius 2 is 1.95 bits per heavy atom. The highest BCUT2D eigenvalue weighted by molar-refractivity contribution is 9.10. The number of hydrogen-bond acceptors (Lipinski definition) is 4. The van der Waals surface area contributed by atoms with Gasteiger partial charge in [-0.25, -0.2) is 0 Å². The summed E-state index contributed by atoms with van der Waals surface area (Å²) in [7, 11) is 0. The molecule has 0 amide bonds. The van der Waals surface area contributed by atoms with Crippen LogP contribution in [0, 0.1) is 5.92 Å². The summed E-state index contributed by atoms with van der Waals surface area (Å²) in [6.07, 6.45) is 1.12. The predicted octanol–water partition coefficient (Wildman–Crippen LogP) is 2.39. The molecule has 1 fully saturated rings. The SMILES string of the molecule is CC1CC(N)CN(Cc2cc3c(cc2Br)OCCO3)C1. The standard InChI is InChI=1S/C15H21BrN2O2/c1-10-4-12(17)9-18(7-10)8-11-5-14-15(6-13(11)16)20-3-2-19-14/h5-6,10,12H,2-4,7-9,17H2,1H3. The van der Waals surface area contributed by atoms with Crippen LogP contribution in [0.5, 0.6) is 11.5 Å². The monoisotopic (exact) mass is 340 g/mol. The van der Waals surface area contributed by atoms with E-state index in [2.05, 4.69) is 33.8 Å². The number of nitrogens with two attached hydrogens (primary N) is 1. The highest BCUT2D eigenvalue weighted by atomic mass is 79.9. The smallest absolute Gasteiger partial charge is 0.162 e. The Morgan fingerprint density at radius 1 is 1.25 bits per heavy atom. The number of nitrogens with zero attached hydrogens (tertiary/aromatic N) is 1. The molecule has 0 bridgehead atoms. The molecular formula is C15H21BrN2O2. The second-order valence-electron chi connectivity index (χ2n) is 5.88. The van der Waals surface area contributed by atoms with Gasteiger partial charge in [0.1, 0.15) is 13.2 Å². The van der Waals surface area contributed by atoms with Crippen molar-refractivity contribution in [3.8, 4) is 11.5 Å². The van der Waals surface area contributed by atoms with Gasteiger partial charge in [0.2, 0.25) is 0 Å². The zero-order chi connectivity index (χ0) is 14.1. The fourth-order valence-electron chi connectivity index (χ4n) is 3.11. The van der Waals surface area contributed by atoms with Crippen molar-refractivity contribution in [2.45, 2.75) is 25.9 Å². The third-order valence-electron chi connectivity index (χ3n) is 3.87. The first-order chi connectivity index (χ1) is 9.61. The lowest BCUT2D eigenvalue weighted by Crippen LogP contribution is -2.45. The van der Waals surface area contributed by atoms with Crippen LogP contribution in [0.3, 0.4) is 0 Å². The van der Waals surface area contributed by atoms with E-state index < -0.39 is 0 Å². The zero-order valence-electron chi connectivity index (χ0n) is 11.8. The maximum Gasteiger partial charge on any atom is 0.162 e. The van der Waals surface area contributed by atoms with Crippen molar-refractivity contribution < 1.29 is 9.47 Å². The summed E-state index contributed by atoms with van der Waals surface area (Å²) < 4.78 is 12.3. The largest absolute Gasteiger partial charge is 0.486 e. The van der Waals surface area contributed by atoms with Crippen molar-refractivity contribution in [1.82, 2.24) is 4.90 Å². The van der Waals surface area contributed by atoms with E-state index in [9.17, 15) is 0 Å². The van der Waals surface area contributed by atoms with Crippen LogP contribution in [0.25, 0.3) is 0 Å². The molecule has 0 radical (unpaired) electrons. The van der Waals surface area contributed by atoms with Crippen molar-refractivity contribution in [3.63, 3.8) is 0 Å². The van der Waals surface area contributed by atoms with Crippen LogP contribution in [-0.2, 0) is 6.54 Å². The summed E-state index contributed by atoms with van der Waals surface area (Å²) in [6, 6.07) is 4.38. The maximum absolute atomic E-state index is 6.12. The average molecular weight is 341 g/mol. The number of piperidine rings is 1. The molecule has 3 rings (SSSR count). The lowest BCUT2D eigenvalue weighted by molar-refractivity contribution is 0.156. The molecule has 2 heterocycles. The molecule has 5 heteroatoms. The lowest BCUT2D eigenvalue weighted by atomic mass is 9.96. The van der Waals surface area contributed by atoms with Crippen molar-refractivity contribution in [2.24, 2.45) is 11.7 Å². The molecule has 20 heavy (non-hydrogen) atoms. The predicted molar refractivity (Wildman–Crippen MR) is 82.2 cm³/mol. The Labute approximate surface area is 128 Å². The molecular weight excluding hydrogens is 320 g/mol. The number of benzene rings is 1. The van der Waals surface area contributed by atoms with Gasteiger partial charge >= 0.3 is 0 Å². The summed E-state index contributed by atoms with van der Waals surface area (Å²) in [5.74, 6) is 2.34. The Balaban J connectivity index is 1.76. The van der Waals surface area contributed by atoms with Gasteiger partial charge in [-0.15, -0.1) is 0 Å². The van der Waals surface area contributed by atoms with Gasteiger partial charge in [0, 0.05) is 30.1 Å². The summed E-state index contributed by atoms with van der Waals surface area (Å²) in [4.78, 5) is 2.43.